The minimum Gasteiger partial charge on any atom is -0.481 e. The normalized spacial score (nSPS) is 20.6. The number of carbonyl (C=O) groups excluding carboxylic acids is 3. The fourth-order valence-electron chi connectivity index (χ4n) is 5.30. The molecule has 2 aliphatic rings. The number of ketones is 1. The van der Waals surface area contributed by atoms with Gasteiger partial charge in [0.25, 0.3) is 17.6 Å². The lowest BCUT2D eigenvalue weighted by Crippen LogP contribution is -2.61. The summed E-state index contributed by atoms with van der Waals surface area (Å²) in [6, 6.07) is 1.03. The zero-order valence-corrected chi connectivity index (χ0v) is 21.3. The van der Waals surface area contributed by atoms with E-state index in [-0.39, 0.29) is 43.5 Å². The molecule has 1 saturated carbocycles. The molecule has 40 heavy (non-hydrogen) atoms. The molecule has 0 radical (unpaired) electrons. The van der Waals surface area contributed by atoms with Gasteiger partial charge in [-0.2, -0.15) is 13.2 Å². The molecule has 3 N–H and O–H groups in total. The van der Waals surface area contributed by atoms with E-state index in [0.717, 1.165) is 0 Å². The fraction of sp³-hybridized carbons (Fsp3) is 0.440. The van der Waals surface area contributed by atoms with Crippen LogP contribution in [0.1, 0.15) is 65.1 Å². The summed E-state index contributed by atoms with van der Waals surface area (Å²) < 4.78 is 84.0. The summed E-state index contributed by atoms with van der Waals surface area (Å²) in [5, 5.41) is 12.3. The molecular formula is C25H22ClF6N3O5. The minimum atomic E-state index is -4.95. The summed E-state index contributed by atoms with van der Waals surface area (Å²) >= 11 is 6.30. The lowest BCUT2D eigenvalue weighted by atomic mass is 9.74. The Labute approximate surface area is 227 Å². The number of aliphatic carboxylic acids is 1. The monoisotopic (exact) mass is 593 g/mol. The number of carbonyl (C=O) groups is 4. The lowest BCUT2D eigenvalue weighted by molar-refractivity contribution is -0.208. The first-order chi connectivity index (χ1) is 18.6. The van der Waals surface area contributed by atoms with Crippen LogP contribution < -0.4 is 10.6 Å². The van der Waals surface area contributed by atoms with Gasteiger partial charge in [0.1, 0.15) is 11.2 Å². The van der Waals surface area contributed by atoms with E-state index in [4.69, 9.17) is 16.7 Å². The van der Waals surface area contributed by atoms with E-state index in [9.17, 15) is 45.5 Å². The van der Waals surface area contributed by atoms with Gasteiger partial charge in [0.2, 0.25) is 0 Å². The van der Waals surface area contributed by atoms with Crippen LogP contribution in [0.5, 0.6) is 0 Å². The molecule has 1 aliphatic heterocycles. The van der Waals surface area contributed by atoms with Crippen LogP contribution in [0, 0.1) is 23.4 Å². The number of carboxylic acid groups (broad SMARTS) is 1. The molecule has 0 spiro atoms. The number of aromatic nitrogens is 1. The van der Waals surface area contributed by atoms with Crippen LogP contribution in [0.25, 0.3) is 0 Å². The Morgan fingerprint density at radius 2 is 1.68 bits per heavy atom. The minimum absolute atomic E-state index is 0.109. The molecule has 1 fully saturated rings. The Balaban J connectivity index is 1.60. The van der Waals surface area contributed by atoms with Gasteiger partial charge in [0, 0.05) is 36.5 Å². The highest BCUT2D eigenvalue weighted by molar-refractivity contribution is 6.48. The number of nitrogens with zero attached hydrogens (tertiary/aromatic N) is 1. The van der Waals surface area contributed by atoms with Crippen LogP contribution in [-0.2, 0) is 22.6 Å². The van der Waals surface area contributed by atoms with E-state index in [1.807, 2.05) is 0 Å². The molecule has 1 aromatic carbocycles. The van der Waals surface area contributed by atoms with Gasteiger partial charge >= 0.3 is 12.1 Å². The predicted molar refractivity (Wildman–Crippen MR) is 128 cm³/mol. The lowest BCUT2D eigenvalue weighted by Gasteiger charge is -2.41. The van der Waals surface area contributed by atoms with Gasteiger partial charge in [-0.15, -0.1) is 0 Å². The smallest absolute Gasteiger partial charge is 0.411 e. The van der Waals surface area contributed by atoms with Crippen molar-refractivity contribution < 1.29 is 50.6 Å². The molecule has 2 amide bonds. The van der Waals surface area contributed by atoms with Crippen molar-refractivity contribution in [1.29, 1.82) is 0 Å². The molecule has 216 valence electrons. The highest BCUT2D eigenvalue weighted by atomic mass is 35.5. The second kappa shape index (κ2) is 10.8. The number of Topliss-reactive ketones (excluding diaryl/α,β-unsaturated/α-hetero) is 1. The highest BCUT2D eigenvalue weighted by Gasteiger charge is 2.57. The summed E-state index contributed by atoms with van der Waals surface area (Å²) in [6.07, 6.45) is -6.24. The van der Waals surface area contributed by atoms with E-state index < -0.39 is 87.9 Å². The van der Waals surface area contributed by atoms with Gasteiger partial charge < -0.3 is 20.3 Å². The maximum atomic E-state index is 14.1. The molecule has 0 bridgehead atoms. The highest BCUT2D eigenvalue weighted by Crippen LogP contribution is 2.44. The summed E-state index contributed by atoms with van der Waals surface area (Å²) in [6.45, 7) is 0.109. The molecule has 2 heterocycles. The van der Waals surface area contributed by atoms with Gasteiger partial charge in [-0.3, -0.25) is 19.2 Å². The molecule has 0 saturated heterocycles. The Kier molecular flexibility index (Phi) is 7.94. The van der Waals surface area contributed by atoms with Gasteiger partial charge in [0.15, 0.2) is 17.5 Å². The number of hydrogen-bond donors (Lipinski definition) is 3. The fourth-order valence-corrected chi connectivity index (χ4v) is 5.68. The zero-order valence-electron chi connectivity index (χ0n) is 20.6. The Morgan fingerprint density at radius 3 is 2.23 bits per heavy atom. The molecule has 1 aliphatic carbocycles. The van der Waals surface area contributed by atoms with E-state index in [1.54, 1.807) is 5.32 Å². The summed E-state index contributed by atoms with van der Waals surface area (Å²) in [7, 11) is 0. The number of hydrogen-bond acceptors (Lipinski definition) is 4. The van der Waals surface area contributed by atoms with Gasteiger partial charge in [-0.1, -0.05) is 11.6 Å². The average Bonchev–Trinajstić information content (AvgIpc) is 3.41. The Morgan fingerprint density at radius 1 is 1.07 bits per heavy atom. The molecule has 1 aromatic heterocycles. The molecule has 2 aromatic rings. The number of rotatable bonds is 7. The van der Waals surface area contributed by atoms with Crippen molar-refractivity contribution in [2.75, 3.05) is 5.32 Å². The van der Waals surface area contributed by atoms with Crippen molar-refractivity contribution in [3.8, 4) is 0 Å². The maximum absolute atomic E-state index is 14.1. The van der Waals surface area contributed by atoms with Crippen molar-refractivity contribution in [3.05, 3.63) is 51.6 Å². The average molecular weight is 594 g/mol. The summed E-state index contributed by atoms with van der Waals surface area (Å²) in [5.74, 6) is -10.7. The molecule has 4 rings (SSSR count). The Bertz CT molecular complexity index is 1380. The van der Waals surface area contributed by atoms with Crippen LogP contribution in [0.3, 0.4) is 0 Å². The molecular weight excluding hydrogens is 572 g/mol. The Hall–Kier alpha value is -3.55. The van der Waals surface area contributed by atoms with Crippen LogP contribution >= 0.6 is 11.6 Å². The first kappa shape index (κ1) is 29.4. The van der Waals surface area contributed by atoms with E-state index in [2.05, 4.69) is 5.32 Å². The molecule has 15 heteroatoms. The van der Waals surface area contributed by atoms with Crippen LogP contribution in [-0.4, -0.2) is 45.0 Å². The topological polar surface area (TPSA) is 118 Å². The zero-order chi connectivity index (χ0) is 29.6. The summed E-state index contributed by atoms with van der Waals surface area (Å²) in [5.41, 5.74) is -3.89. The SMILES string of the molecule is O=C(O)CC1CCC(NC(=O)C(=O)c2c(Cl)c(C(=O)Nc3cc(F)c(F)c(F)c3)c3n2CCC3)(C(F)(F)F)CC1. The standard InChI is InChI=1S/C25H22ClF6N3O5/c26-18-17(22(39)33-12-9-13(27)19(29)14(28)10-12)15-2-1-7-35(15)20(18)21(38)23(40)34-24(25(30,31)32)5-3-11(4-6-24)8-16(36)37/h9-11H,1-8H2,(H,33,39)(H,34,40)(H,36,37). The number of amides is 2. The van der Waals surface area contributed by atoms with Crippen molar-refractivity contribution in [3.63, 3.8) is 0 Å². The number of alkyl halides is 3. The number of nitrogens with one attached hydrogen (secondary N) is 2. The first-order valence-corrected chi connectivity index (χ1v) is 12.5. The number of benzene rings is 1. The van der Waals surface area contributed by atoms with Crippen molar-refractivity contribution >= 4 is 40.9 Å². The third-order valence-corrected chi connectivity index (χ3v) is 7.68. The quantitative estimate of drug-likeness (QED) is 0.180. The van der Waals surface area contributed by atoms with Crippen molar-refractivity contribution in [2.45, 2.75) is 63.2 Å². The first-order valence-electron chi connectivity index (χ1n) is 12.2. The molecule has 0 unspecified atom stereocenters. The number of carboxylic acids is 1. The second-order valence-corrected chi connectivity index (χ2v) is 10.2. The van der Waals surface area contributed by atoms with Gasteiger partial charge in [0.05, 0.1) is 10.6 Å². The third kappa shape index (κ3) is 5.40. The van der Waals surface area contributed by atoms with E-state index >= 15 is 0 Å². The van der Waals surface area contributed by atoms with Gasteiger partial charge in [-0.25, -0.2) is 13.2 Å². The van der Waals surface area contributed by atoms with Crippen LogP contribution in [0.15, 0.2) is 12.1 Å². The van der Waals surface area contributed by atoms with Crippen molar-refractivity contribution in [2.24, 2.45) is 5.92 Å². The summed E-state index contributed by atoms with van der Waals surface area (Å²) in [4.78, 5) is 50.0. The number of halogens is 7. The van der Waals surface area contributed by atoms with Crippen LogP contribution in [0.4, 0.5) is 32.0 Å². The van der Waals surface area contributed by atoms with E-state index in [1.165, 1.54) is 4.57 Å². The number of fused-ring (bicyclic) bond motifs is 1. The largest absolute Gasteiger partial charge is 0.481 e. The number of anilines is 1. The van der Waals surface area contributed by atoms with Gasteiger partial charge in [-0.05, 0) is 44.4 Å². The molecule has 0 atom stereocenters. The van der Waals surface area contributed by atoms with Crippen molar-refractivity contribution in [1.82, 2.24) is 9.88 Å². The third-order valence-electron chi connectivity index (χ3n) is 7.31. The second-order valence-electron chi connectivity index (χ2n) is 9.85. The molecule has 8 nitrogen and oxygen atoms in total. The maximum Gasteiger partial charge on any atom is 0.411 e. The van der Waals surface area contributed by atoms with Crippen LogP contribution in [0.2, 0.25) is 5.02 Å². The van der Waals surface area contributed by atoms with E-state index in [0.29, 0.717) is 18.6 Å². The predicted octanol–water partition coefficient (Wildman–Crippen LogP) is 5.02.